The average Bonchev–Trinajstić information content (AvgIpc) is 3.31. The summed E-state index contributed by atoms with van der Waals surface area (Å²) in [5.41, 5.74) is 4.10. The van der Waals surface area contributed by atoms with Gasteiger partial charge in [0.25, 0.3) is 0 Å². The van der Waals surface area contributed by atoms with Crippen LogP contribution in [0.5, 0.6) is 0 Å². The number of carbonyl (C=O) groups excluding carboxylic acids is 1. The standard InChI is InChI=1S/C17H13ClN6OS2/c18-15-13(27-16(22-15)20-11-4-2-1-3-5-11)9-19-23-14(25)8-12-10-24-6-7-26-17(24)21-12/h1-7,9-10H,8H2,(H,20,22)(H,23,25)/b19-9+. The molecule has 0 bridgehead atoms. The number of thiazole rings is 2. The van der Waals surface area contributed by atoms with Gasteiger partial charge in [0.2, 0.25) is 5.91 Å². The Morgan fingerprint density at radius 2 is 2.15 bits per heavy atom. The number of nitrogens with one attached hydrogen (secondary N) is 2. The van der Waals surface area contributed by atoms with Gasteiger partial charge in [0.15, 0.2) is 15.2 Å². The molecule has 3 heterocycles. The smallest absolute Gasteiger partial charge is 0.246 e. The van der Waals surface area contributed by atoms with E-state index in [2.05, 4.69) is 25.8 Å². The number of imidazole rings is 1. The van der Waals surface area contributed by atoms with Crippen molar-refractivity contribution in [2.75, 3.05) is 5.32 Å². The summed E-state index contributed by atoms with van der Waals surface area (Å²) in [4.78, 5) is 22.1. The number of para-hydroxylation sites is 1. The minimum atomic E-state index is -0.250. The monoisotopic (exact) mass is 416 g/mol. The summed E-state index contributed by atoms with van der Waals surface area (Å²) in [5.74, 6) is -0.250. The second-order valence-corrected chi connectivity index (χ2v) is 7.72. The van der Waals surface area contributed by atoms with Crippen LogP contribution < -0.4 is 10.7 Å². The van der Waals surface area contributed by atoms with Crippen LogP contribution in [0.25, 0.3) is 4.96 Å². The van der Waals surface area contributed by atoms with Crippen LogP contribution in [0.15, 0.2) is 53.2 Å². The highest BCUT2D eigenvalue weighted by Crippen LogP contribution is 2.27. The van der Waals surface area contributed by atoms with Crippen molar-refractivity contribution in [2.24, 2.45) is 5.10 Å². The molecule has 0 unspecified atom stereocenters. The lowest BCUT2D eigenvalue weighted by Gasteiger charge is -1.99. The first-order chi connectivity index (χ1) is 13.2. The molecule has 0 saturated heterocycles. The fourth-order valence-corrected chi connectivity index (χ4v) is 4.09. The lowest BCUT2D eigenvalue weighted by atomic mass is 10.3. The Bertz CT molecular complexity index is 1070. The highest BCUT2D eigenvalue weighted by atomic mass is 35.5. The molecule has 0 aliphatic carbocycles. The van der Waals surface area contributed by atoms with E-state index >= 15 is 0 Å². The number of hydrazone groups is 1. The molecule has 4 rings (SSSR count). The van der Waals surface area contributed by atoms with Crippen molar-refractivity contribution in [3.8, 4) is 0 Å². The number of hydrogen-bond donors (Lipinski definition) is 2. The number of rotatable bonds is 6. The Hall–Kier alpha value is -2.75. The minimum absolute atomic E-state index is 0.156. The summed E-state index contributed by atoms with van der Waals surface area (Å²) in [6, 6.07) is 9.67. The van der Waals surface area contributed by atoms with Gasteiger partial charge in [-0.25, -0.2) is 15.4 Å². The number of aromatic nitrogens is 3. The van der Waals surface area contributed by atoms with Crippen LogP contribution in [-0.2, 0) is 11.2 Å². The van der Waals surface area contributed by atoms with Crippen LogP contribution in [0.2, 0.25) is 5.15 Å². The van der Waals surface area contributed by atoms with Crippen LogP contribution >= 0.6 is 34.3 Å². The molecule has 136 valence electrons. The zero-order valence-corrected chi connectivity index (χ0v) is 16.2. The SMILES string of the molecule is O=C(Cc1cn2ccsc2n1)N/N=C/c1sc(Nc2ccccc2)nc1Cl. The number of halogens is 1. The first-order valence-corrected chi connectivity index (χ1v) is 9.96. The van der Waals surface area contributed by atoms with Gasteiger partial charge in [-0.3, -0.25) is 9.20 Å². The Morgan fingerprint density at radius 3 is 2.96 bits per heavy atom. The highest BCUT2D eigenvalue weighted by Gasteiger charge is 2.09. The summed E-state index contributed by atoms with van der Waals surface area (Å²) in [7, 11) is 0. The summed E-state index contributed by atoms with van der Waals surface area (Å²) in [6.07, 6.45) is 5.37. The van der Waals surface area contributed by atoms with Crippen LogP contribution in [0, 0.1) is 0 Å². The van der Waals surface area contributed by atoms with Crippen molar-refractivity contribution < 1.29 is 4.79 Å². The third-order valence-corrected chi connectivity index (χ3v) is 5.57. The molecule has 0 radical (unpaired) electrons. The maximum Gasteiger partial charge on any atom is 0.246 e. The van der Waals surface area contributed by atoms with Crippen molar-refractivity contribution in [1.82, 2.24) is 19.8 Å². The lowest BCUT2D eigenvalue weighted by molar-refractivity contribution is -0.120. The summed E-state index contributed by atoms with van der Waals surface area (Å²) in [6.45, 7) is 0. The number of amides is 1. The van der Waals surface area contributed by atoms with Gasteiger partial charge in [-0.15, -0.1) is 11.3 Å². The molecular formula is C17H13ClN6OS2. The predicted molar refractivity (Wildman–Crippen MR) is 109 cm³/mol. The van der Waals surface area contributed by atoms with Crippen molar-refractivity contribution in [1.29, 1.82) is 0 Å². The lowest BCUT2D eigenvalue weighted by Crippen LogP contribution is -2.19. The summed E-state index contributed by atoms with van der Waals surface area (Å²) in [5, 5.41) is 10.0. The van der Waals surface area contributed by atoms with Gasteiger partial charge in [-0.1, -0.05) is 41.1 Å². The molecule has 0 aliphatic rings. The molecule has 0 fully saturated rings. The van der Waals surface area contributed by atoms with E-state index in [0.29, 0.717) is 20.9 Å². The Kier molecular flexibility index (Phi) is 5.14. The number of nitrogens with zero attached hydrogens (tertiary/aromatic N) is 4. The van der Waals surface area contributed by atoms with Gasteiger partial charge in [-0.05, 0) is 12.1 Å². The Balaban J connectivity index is 1.35. The molecule has 0 atom stereocenters. The van der Waals surface area contributed by atoms with Gasteiger partial charge in [0.1, 0.15) is 0 Å². The number of anilines is 2. The number of fused-ring (bicyclic) bond motifs is 1. The van der Waals surface area contributed by atoms with Gasteiger partial charge >= 0.3 is 0 Å². The van der Waals surface area contributed by atoms with Crippen molar-refractivity contribution in [2.45, 2.75) is 6.42 Å². The molecule has 0 aliphatic heterocycles. The zero-order valence-electron chi connectivity index (χ0n) is 13.8. The highest BCUT2D eigenvalue weighted by molar-refractivity contribution is 7.17. The van der Waals surface area contributed by atoms with Crippen molar-refractivity contribution in [3.05, 3.63) is 63.8 Å². The fraction of sp³-hybridized carbons (Fsp3) is 0.0588. The molecule has 0 saturated carbocycles. The van der Waals surface area contributed by atoms with Gasteiger partial charge in [-0.2, -0.15) is 5.10 Å². The molecule has 1 aromatic carbocycles. The predicted octanol–water partition coefficient (Wildman–Crippen LogP) is 3.94. The molecule has 2 N–H and O–H groups in total. The molecule has 4 aromatic rings. The Morgan fingerprint density at radius 1 is 1.30 bits per heavy atom. The van der Waals surface area contributed by atoms with E-state index in [4.69, 9.17) is 11.6 Å². The normalized spacial score (nSPS) is 11.3. The second kappa shape index (κ2) is 7.87. The average molecular weight is 417 g/mol. The van der Waals surface area contributed by atoms with Crippen LogP contribution in [0.1, 0.15) is 10.6 Å². The third kappa shape index (κ3) is 4.33. The van der Waals surface area contributed by atoms with Gasteiger partial charge in [0.05, 0.1) is 23.2 Å². The minimum Gasteiger partial charge on any atom is -0.331 e. The zero-order chi connectivity index (χ0) is 18.6. The maximum absolute atomic E-state index is 12.0. The number of hydrogen-bond acceptors (Lipinski definition) is 7. The largest absolute Gasteiger partial charge is 0.331 e. The molecule has 1 amide bonds. The summed E-state index contributed by atoms with van der Waals surface area (Å²) >= 11 is 9.00. The van der Waals surface area contributed by atoms with E-state index in [9.17, 15) is 4.79 Å². The first-order valence-electron chi connectivity index (χ1n) is 7.89. The summed E-state index contributed by atoms with van der Waals surface area (Å²) < 4.78 is 1.88. The van der Waals surface area contributed by atoms with E-state index < -0.39 is 0 Å². The van der Waals surface area contributed by atoms with Gasteiger partial charge in [0, 0.05) is 23.5 Å². The van der Waals surface area contributed by atoms with Crippen LogP contribution in [0.3, 0.4) is 0 Å². The molecule has 3 aromatic heterocycles. The number of carbonyl (C=O) groups is 1. The van der Waals surface area contributed by atoms with E-state index in [-0.39, 0.29) is 12.3 Å². The van der Waals surface area contributed by atoms with Crippen molar-refractivity contribution >= 4 is 62.2 Å². The van der Waals surface area contributed by atoms with E-state index in [1.807, 2.05) is 52.5 Å². The molecule has 27 heavy (non-hydrogen) atoms. The second-order valence-electron chi connectivity index (χ2n) is 5.46. The molecule has 7 nitrogen and oxygen atoms in total. The number of benzene rings is 1. The van der Waals surface area contributed by atoms with E-state index in [0.717, 1.165) is 10.6 Å². The van der Waals surface area contributed by atoms with Crippen LogP contribution in [0.4, 0.5) is 10.8 Å². The van der Waals surface area contributed by atoms with Crippen molar-refractivity contribution in [3.63, 3.8) is 0 Å². The van der Waals surface area contributed by atoms with E-state index in [1.54, 1.807) is 0 Å². The Labute approximate surface area is 167 Å². The van der Waals surface area contributed by atoms with Gasteiger partial charge < -0.3 is 5.32 Å². The van der Waals surface area contributed by atoms with E-state index in [1.165, 1.54) is 28.9 Å². The quantitative estimate of drug-likeness (QED) is 0.368. The maximum atomic E-state index is 12.0. The first kappa shape index (κ1) is 17.7. The molecule has 0 spiro atoms. The van der Waals surface area contributed by atoms with Crippen LogP contribution in [-0.4, -0.2) is 26.5 Å². The molecular weight excluding hydrogens is 404 g/mol. The molecule has 10 heteroatoms. The topological polar surface area (TPSA) is 83.7 Å². The third-order valence-electron chi connectivity index (χ3n) is 3.49. The fourth-order valence-electron chi connectivity index (χ4n) is 2.32.